The van der Waals surface area contributed by atoms with Gasteiger partial charge in [0.15, 0.2) is 0 Å². The van der Waals surface area contributed by atoms with Gasteiger partial charge in [-0.25, -0.2) is 18.7 Å². The van der Waals surface area contributed by atoms with Crippen LogP contribution in [0.2, 0.25) is 0 Å². The summed E-state index contributed by atoms with van der Waals surface area (Å²) < 4.78 is 39.5. The standard InChI is InChI=1S/C28H30F2N6O3/c1-38-22-12-19(13-23(14-22)39-2)5-6-20-15-36(27-25(20)26(31)32-18-33-27)21-7-10-35(16-21)24(37)4-3-9-34-11-8-28(29,30)17-34/h3-4,12-15,18,21H,7-11,16-17H2,1-2H3,(H2,31,32,33)/t21-/m0/s1. The smallest absolute Gasteiger partial charge is 0.261 e. The topological polar surface area (TPSA) is 98.7 Å². The first kappa shape index (κ1) is 26.4. The fraction of sp³-hybridized carbons (Fsp3) is 0.393. The van der Waals surface area contributed by atoms with Gasteiger partial charge in [-0.05, 0) is 18.6 Å². The Morgan fingerprint density at radius 3 is 2.64 bits per heavy atom. The van der Waals surface area contributed by atoms with Crippen LogP contribution in [0.4, 0.5) is 14.6 Å². The first-order valence-electron chi connectivity index (χ1n) is 12.7. The molecule has 2 aliphatic rings. The largest absolute Gasteiger partial charge is 0.497 e. The summed E-state index contributed by atoms with van der Waals surface area (Å²) in [5, 5.41) is 0.659. The molecule has 0 aliphatic carbocycles. The first-order valence-corrected chi connectivity index (χ1v) is 12.7. The van der Waals surface area contributed by atoms with E-state index in [-0.39, 0.29) is 24.9 Å². The zero-order valence-electron chi connectivity index (χ0n) is 21.9. The summed E-state index contributed by atoms with van der Waals surface area (Å²) in [7, 11) is 3.16. The SMILES string of the molecule is COc1cc(C#Cc2cn([C@H]3CCN(C(=O)C=CCN4CCC(F)(F)C4)C3)c3ncnc(N)c23)cc(OC)c1. The van der Waals surface area contributed by atoms with Crippen LogP contribution in [0, 0.1) is 11.8 Å². The number of benzene rings is 1. The van der Waals surface area contributed by atoms with Gasteiger partial charge in [0, 0.05) is 56.5 Å². The molecule has 1 amide bonds. The number of nitrogens with two attached hydrogens (primary N) is 1. The van der Waals surface area contributed by atoms with Crippen LogP contribution in [0.1, 0.15) is 30.0 Å². The van der Waals surface area contributed by atoms with Crippen LogP contribution in [-0.2, 0) is 4.79 Å². The van der Waals surface area contributed by atoms with Crippen LogP contribution >= 0.6 is 0 Å². The van der Waals surface area contributed by atoms with Gasteiger partial charge in [-0.3, -0.25) is 9.69 Å². The average Bonchev–Trinajstić information content (AvgIpc) is 3.64. The average molecular weight is 537 g/mol. The molecule has 0 unspecified atom stereocenters. The molecule has 0 radical (unpaired) electrons. The summed E-state index contributed by atoms with van der Waals surface area (Å²) in [6.45, 7) is 1.45. The second-order valence-corrected chi connectivity index (χ2v) is 9.73. The number of hydrogen-bond donors (Lipinski definition) is 1. The Morgan fingerprint density at radius 2 is 1.95 bits per heavy atom. The fourth-order valence-corrected chi connectivity index (χ4v) is 5.04. The van der Waals surface area contributed by atoms with E-state index in [4.69, 9.17) is 15.2 Å². The number of likely N-dealkylation sites (tertiary alicyclic amines) is 2. The van der Waals surface area contributed by atoms with E-state index in [1.807, 2.05) is 22.9 Å². The van der Waals surface area contributed by atoms with Crippen LogP contribution < -0.4 is 15.2 Å². The highest BCUT2D eigenvalue weighted by atomic mass is 19.3. The van der Waals surface area contributed by atoms with Gasteiger partial charge in [-0.2, -0.15) is 0 Å². The molecule has 4 heterocycles. The minimum Gasteiger partial charge on any atom is -0.497 e. The number of nitrogen functional groups attached to an aromatic ring is 1. The number of anilines is 1. The van der Waals surface area contributed by atoms with Crippen LogP contribution in [0.3, 0.4) is 0 Å². The molecular formula is C28H30F2N6O3. The second-order valence-electron chi connectivity index (χ2n) is 9.73. The molecule has 2 aliphatic heterocycles. The summed E-state index contributed by atoms with van der Waals surface area (Å²) in [4.78, 5) is 24.8. The Kier molecular flexibility index (Phi) is 7.39. The van der Waals surface area contributed by atoms with E-state index in [1.165, 1.54) is 12.4 Å². The van der Waals surface area contributed by atoms with Gasteiger partial charge in [0.05, 0.1) is 37.8 Å². The summed E-state index contributed by atoms with van der Waals surface area (Å²) in [6, 6.07) is 5.38. The van der Waals surface area contributed by atoms with Gasteiger partial charge in [-0.1, -0.05) is 17.9 Å². The minimum atomic E-state index is -2.64. The number of ether oxygens (including phenoxy) is 2. The summed E-state index contributed by atoms with van der Waals surface area (Å²) in [5.74, 6) is 5.16. The third kappa shape index (κ3) is 5.81. The second kappa shape index (κ2) is 10.9. The molecule has 2 N–H and O–H groups in total. The number of hydrogen-bond acceptors (Lipinski definition) is 7. The van der Waals surface area contributed by atoms with Crippen molar-refractivity contribution in [1.29, 1.82) is 0 Å². The molecule has 0 spiro atoms. The zero-order chi connectivity index (χ0) is 27.6. The molecule has 1 aromatic carbocycles. The van der Waals surface area contributed by atoms with Crippen molar-refractivity contribution >= 4 is 22.8 Å². The number of carbonyl (C=O) groups is 1. The first-order chi connectivity index (χ1) is 18.8. The molecule has 9 nitrogen and oxygen atoms in total. The number of rotatable bonds is 6. The lowest BCUT2D eigenvalue weighted by Crippen LogP contribution is -2.28. The monoisotopic (exact) mass is 536 g/mol. The number of amides is 1. The van der Waals surface area contributed by atoms with Crippen molar-refractivity contribution in [1.82, 2.24) is 24.3 Å². The lowest BCUT2D eigenvalue weighted by molar-refractivity contribution is -0.125. The predicted octanol–water partition coefficient (Wildman–Crippen LogP) is 3.10. The molecule has 1 atom stereocenters. The van der Waals surface area contributed by atoms with Crippen molar-refractivity contribution < 1.29 is 23.0 Å². The highest BCUT2D eigenvalue weighted by Gasteiger charge is 2.37. The van der Waals surface area contributed by atoms with Gasteiger partial charge < -0.3 is 24.7 Å². The highest BCUT2D eigenvalue weighted by Crippen LogP contribution is 2.31. The van der Waals surface area contributed by atoms with Crippen molar-refractivity contribution in [3.8, 4) is 23.3 Å². The van der Waals surface area contributed by atoms with Crippen molar-refractivity contribution in [3.63, 3.8) is 0 Å². The van der Waals surface area contributed by atoms with E-state index in [9.17, 15) is 13.6 Å². The normalized spacial score (nSPS) is 19.0. The van der Waals surface area contributed by atoms with E-state index in [1.54, 1.807) is 36.2 Å². The Hall–Kier alpha value is -4.17. The molecule has 2 fully saturated rings. The number of aromatic nitrogens is 3. The fourth-order valence-electron chi connectivity index (χ4n) is 5.04. The Labute approximate surface area is 225 Å². The third-order valence-electron chi connectivity index (χ3n) is 7.07. The molecule has 39 heavy (non-hydrogen) atoms. The van der Waals surface area contributed by atoms with Crippen LogP contribution in [0.15, 0.2) is 42.9 Å². The Bertz CT molecular complexity index is 1450. The van der Waals surface area contributed by atoms with Crippen LogP contribution in [0.25, 0.3) is 11.0 Å². The highest BCUT2D eigenvalue weighted by molar-refractivity contribution is 5.92. The molecule has 11 heteroatoms. The molecule has 3 aromatic rings. The van der Waals surface area contributed by atoms with Crippen molar-refractivity contribution in [2.45, 2.75) is 24.8 Å². The maximum absolute atomic E-state index is 13.4. The van der Waals surface area contributed by atoms with Crippen molar-refractivity contribution in [2.24, 2.45) is 0 Å². The van der Waals surface area contributed by atoms with Gasteiger partial charge in [0.1, 0.15) is 29.3 Å². The van der Waals surface area contributed by atoms with Gasteiger partial charge in [-0.15, -0.1) is 0 Å². The Balaban J connectivity index is 1.34. The van der Waals surface area contributed by atoms with Crippen LogP contribution in [0.5, 0.6) is 11.5 Å². The van der Waals surface area contributed by atoms with Crippen molar-refractivity contribution in [3.05, 3.63) is 54.0 Å². The number of carbonyl (C=O) groups excluding carboxylic acids is 1. The summed E-state index contributed by atoms with van der Waals surface area (Å²) in [5.41, 5.74) is 8.27. The predicted molar refractivity (Wildman–Crippen MR) is 143 cm³/mol. The molecule has 0 bridgehead atoms. The van der Waals surface area contributed by atoms with Gasteiger partial charge in [0.25, 0.3) is 5.92 Å². The maximum atomic E-state index is 13.4. The minimum absolute atomic E-state index is 0.0242. The molecular weight excluding hydrogens is 506 g/mol. The lowest BCUT2D eigenvalue weighted by Gasteiger charge is -2.16. The maximum Gasteiger partial charge on any atom is 0.261 e. The van der Waals surface area contributed by atoms with E-state index in [0.717, 1.165) is 6.42 Å². The zero-order valence-corrected chi connectivity index (χ0v) is 21.9. The van der Waals surface area contributed by atoms with Gasteiger partial charge in [0.2, 0.25) is 5.91 Å². The molecule has 0 saturated carbocycles. The van der Waals surface area contributed by atoms with E-state index in [0.29, 0.717) is 65.7 Å². The summed E-state index contributed by atoms with van der Waals surface area (Å²) >= 11 is 0. The number of alkyl halides is 2. The summed E-state index contributed by atoms with van der Waals surface area (Å²) in [6.07, 6.45) is 7.06. The number of halogens is 2. The van der Waals surface area contributed by atoms with Crippen LogP contribution in [-0.4, -0.2) is 83.1 Å². The van der Waals surface area contributed by atoms with E-state index >= 15 is 0 Å². The quantitative estimate of drug-likeness (QED) is 0.382. The molecule has 5 rings (SSSR count). The van der Waals surface area contributed by atoms with E-state index < -0.39 is 5.92 Å². The van der Waals surface area contributed by atoms with Crippen molar-refractivity contribution in [2.75, 3.05) is 52.7 Å². The number of fused-ring (bicyclic) bond motifs is 1. The van der Waals surface area contributed by atoms with E-state index in [2.05, 4.69) is 21.8 Å². The molecule has 204 valence electrons. The molecule has 2 saturated heterocycles. The Morgan fingerprint density at radius 1 is 1.18 bits per heavy atom. The third-order valence-corrected chi connectivity index (χ3v) is 7.07. The molecule has 2 aromatic heterocycles. The number of methoxy groups -OCH3 is 2. The number of nitrogens with zero attached hydrogens (tertiary/aromatic N) is 5. The van der Waals surface area contributed by atoms with Gasteiger partial charge >= 0.3 is 0 Å². The lowest BCUT2D eigenvalue weighted by atomic mass is 10.1.